The number of hydrogen-bond acceptors (Lipinski definition) is 3. The van der Waals surface area contributed by atoms with E-state index in [2.05, 4.69) is 10.3 Å². The summed E-state index contributed by atoms with van der Waals surface area (Å²) in [6.45, 7) is 0.666. The van der Waals surface area contributed by atoms with Crippen molar-refractivity contribution in [1.29, 1.82) is 0 Å². The van der Waals surface area contributed by atoms with Gasteiger partial charge in [-0.3, -0.25) is 14.2 Å². The first kappa shape index (κ1) is 16.7. The van der Waals surface area contributed by atoms with Crippen molar-refractivity contribution < 1.29 is 9.18 Å². The van der Waals surface area contributed by atoms with Crippen LogP contribution < -0.4 is 10.9 Å². The molecule has 1 aliphatic rings. The van der Waals surface area contributed by atoms with Crippen molar-refractivity contribution >= 4 is 34.1 Å². The molecule has 132 valence electrons. The number of anilines is 1. The number of carbonyl (C=O) groups excluding carboxylic acids is 1. The number of fused-ring (bicyclic) bond motifs is 2. The molecule has 2 aromatic carbocycles. The van der Waals surface area contributed by atoms with Crippen LogP contribution in [0.2, 0.25) is 5.02 Å². The van der Waals surface area contributed by atoms with Gasteiger partial charge in [0.05, 0.1) is 21.5 Å². The SMILES string of the molecule is O=C(Nc1ccc2nc3n(c(=O)c2c1)CCCC3)c1ccc(F)cc1Cl. The molecule has 0 bridgehead atoms. The average Bonchev–Trinajstić information content (AvgIpc) is 2.62. The third-order valence-electron chi connectivity index (χ3n) is 4.50. The Bertz CT molecular complexity index is 1090. The third kappa shape index (κ3) is 2.97. The smallest absolute Gasteiger partial charge is 0.261 e. The van der Waals surface area contributed by atoms with Gasteiger partial charge in [-0.25, -0.2) is 9.37 Å². The van der Waals surface area contributed by atoms with Crippen LogP contribution in [0.1, 0.15) is 29.0 Å². The Kier molecular flexibility index (Phi) is 4.20. The van der Waals surface area contributed by atoms with Gasteiger partial charge in [-0.15, -0.1) is 0 Å². The predicted molar refractivity (Wildman–Crippen MR) is 98.3 cm³/mol. The Labute approximate surface area is 153 Å². The molecular weight excluding hydrogens is 357 g/mol. The molecule has 0 fully saturated rings. The van der Waals surface area contributed by atoms with Gasteiger partial charge in [-0.1, -0.05) is 11.6 Å². The van der Waals surface area contributed by atoms with Crippen LogP contribution in [-0.4, -0.2) is 15.5 Å². The van der Waals surface area contributed by atoms with Gasteiger partial charge in [0.2, 0.25) is 0 Å². The van der Waals surface area contributed by atoms with Crippen LogP contribution in [0.4, 0.5) is 10.1 Å². The van der Waals surface area contributed by atoms with Gasteiger partial charge in [-0.05, 0) is 49.2 Å². The molecule has 1 aromatic heterocycles. The first-order chi connectivity index (χ1) is 12.5. The zero-order valence-corrected chi connectivity index (χ0v) is 14.5. The first-order valence-corrected chi connectivity index (χ1v) is 8.70. The van der Waals surface area contributed by atoms with Crippen molar-refractivity contribution in [3.05, 3.63) is 69.0 Å². The lowest BCUT2D eigenvalue weighted by molar-refractivity contribution is 0.102. The average molecular weight is 372 g/mol. The van der Waals surface area contributed by atoms with E-state index < -0.39 is 11.7 Å². The molecule has 26 heavy (non-hydrogen) atoms. The number of aromatic nitrogens is 2. The number of amides is 1. The summed E-state index contributed by atoms with van der Waals surface area (Å²) in [4.78, 5) is 29.7. The Balaban J connectivity index is 1.70. The number of carbonyl (C=O) groups is 1. The van der Waals surface area contributed by atoms with Gasteiger partial charge in [-0.2, -0.15) is 0 Å². The molecule has 0 aliphatic carbocycles. The van der Waals surface area contributed by atoms with Crippen LogP contribution in [0, 0.1) is 5.82 Å². The Morgan fingerprint density at radius 2 is 2.04 bits per heavy atom. The van der Waals surface area contributed by atoms with E-state index in [-0.39, 0.29) is 16.1 Å². The monoisotopic (exact) mass is 371 g/mol. The maximum Gasteiger partial charge on any atom is 0.261 e. The summed E-state index contributed by atoms with van der Waals surface area (Å²) in [5.41, 5.74) is 1.13. The molecule has 0 spiro atoms. The van der Waals surface area contributed by atoms with E-state index in [0.29, 0.717) is 23.1 Å². The molecule has 3 aromatic rings. The fourth-order valence-corrected chi connectivity index (χ4v) is 3.44. The maximum atomic E-state index is 13.1. The number of hydrogen-bond donors (Lipinski definition) is 1. The second-order valence-electron chi connectivity index (χ2n) is 6.25. The van der Waals surface area contributed by atoms with E-state index in [9.17, 15) is 14.0 Å². The second-order valence-corrected chi connectivity index (χ2v) is 6.66. The molecule has 1 N–H and O–H groups in total. The normalized spacial score (nSPS) is 13.5. The van der Waals surface area contributed by atoms with Gasteiger partial charge >= 0.3 is 0 Å². The molecule has 1 amide bonds. The molecular formula is C19H15ClFN3O2. The number of benzene rings is 2. The third-order valence-corrected chi connectivity index (χ3v) is 4.81. The minimum Gasteiger partial charge on any atom is -0.322 e. The predicted octanol–water partition coefficient (Wildman–Crippen LogP) is 3.78. The van der Waals surface area contributed by atoms with Crippen molar-refractivity contribution in [2.45, 2.75) is 25.8 Å². The highest BCUT2D eigenvalue weighted by atomic mass is 35.5. The largest absolute Gasteiger partial charge is 0.322 e. The second kappa shape index (κ2) is 6.53. The highest BCUT2D eigenvalue weighted by molar-refractivity contribution is 6.34. The Morgan fingerprint density at radius 1 is 1.19 bits per heavy atom. The van der Waals surface area contributed by atoms with Crippen LogP contribution in [-0.2, 0) is 13.0 Å². The molecule has 2 heterocycles. The van der Waals surface area contributed by atoms with Crippen molar-refractivity contribution in [3.63, 3.8) is 0 Å². The van der Waals surface area contributed by atoms with Crippen LogP contribution in [0.5, 0.6) is 0 Å². The minimum absolute atomic E-state index is 0.0269. The molecule has 0 radical (unpaired) electrons. The number of halogens is 2. The van der Waals surface area contributed by atoms with E-state index in [0.717, 1.165) is 31.2 Å². The quantitative estimate of drug-likeness (QED) is 0.745. The summed E-state index contributed by atoms with van der Waals surface area (Å²) in [5.74, 6) is -0.176. The van der Waals surface area contributed by atoms with Crippen molar-refractivity contribution in [2.75, 3.05) is 5.32 Å². The molecule has 0 saturated carbocycles. The van der Waals surface area contributed by atoms with E-state index in [1.54, 1.807) is 22.8 Å². The minimum atomic E-state index is -0.513. The standard InChI is InChI=1S/C19H15ClFN3O2/c20-15-9-11(21)4-6-13(15)18(25)22-12-5-7-16-14(10-12)19(26)24-8-2-1-3-17(24)23-16/h4-7,9-10H,1-3,8H2,(H,22,25). The lowest BCUT2D eigenvalue weighted by Crippen LogP contribution is -2.28. The Hall–Kier alpha value is -2.73. The van der Waals surface area contributed by atoms with Crippen molar-refractivity contribution in [3.8, 4) is 0 Å². The summed E-state index contributed by atoms with van der Waals surface area (Å²) in [7, 11) is 0. The summed E-state index contributed by atoms with van der Waals surface area (Å²) >= 11 is 5.93. The molecule has 7 heteroatoms. The summed E-state index contributed by atoms with van der Waals surface area (Å²) in [6, 6.07) is 8.59. The highest BCUT2D eigenvalue weighted by Crippen LogP contribution is 2.21. The van der Waals surface area contributed by atoms with E-state index in [4.69, 9.17) is 11.6 Å². The number of nitrogens with one attached hydrogen (secondary N) is 1. The molecule has 0 unspecified atom stereocenters. The lowest BCUT2D eigenvalue weighted by Gasteiger charge is -2.18. The zero-order valence-electron chi connectivity index (χ0n) is 13.8. The molecule has 5 nitrogen and oxygen atoms in total. The van der Waals surface area contributed by atoms with Gasteiger partial charge in [0, 0.05) is 18.7 Å². The molecule has 4 rings (SSSR count). The van der Waals surface area contributed by atoms with Gasteiger partial charge < -0.3 is 5.32 Å². The van der Waals surface area contributed by atoms with Crippen molar-refractivity contribution in [2.24, 2.45) is 0 Å². The topological polar surface area (TPSA) is 64.0 Å². The number of aryl methyl sites for hydroxylation is 1. The van der Waals surface area contributed by atoms with E-state index in [1.807, 2.05) is 0 Å². The summed E-state index contributed by atoms with van der Waals surface area (Å²) in [6.07, 6.45) is 2.79. The zero-order chi connectivity index (χ0) is 18.3. The van der Waals surface area contributed by atoms with Crippen molar-refractivity contribution in [1.82, 2.24) is 9.55 Å². The van der Waals surface area contributed by atoms with Crippen LogP contribution in [0.25, 0.3) is 10.9 Å². The van der Waals surface area contributed by atoms with E-state index in [1.165, 1.54) is 12.1 Å². The van der Waals surface area contributed by atoms with Crippen LogP contribution >= 0.6 is 11.6 Å². The fraction of sp³-hybridized carbons (Fsp3) is 0.211. The summed E-state index contributed by atoms with van der Waals surface area (Å²) in [5, 5.41) is 3.18. The highest BCUT2D eigenvalue weighted by Gasteiger charge is 2.16. The van der Waals surface area contributed by atoms with Gasteiger partial charge in [0.15, 0.2) is 0 Å². The molecule has 0 saturated heterocycles. The number of nitrogens with zero attached hydrogens (tertiary/aromatic N) is 2. The molecule has 0 atom stereocenters. The van der Waals surface area contributed by atoms with Crippen LogP contribution in [0.3, 0.4) is 0 Å². The fourth-order valence-electron chi connectivity index (χ4n) is 3.19. The Morgan fingerprint density at radius 3 is 2.85 bits per heavy atom. The summed E-state index contributed by atoms with van der Waals surface area (Å²) < 4.78 is 14.8. The lowest BCUT2D eigenvalue weighted by atomic mass is 10.1. The first-order valence-electron chi connectivity index (χ1n) is 8.33. The van der Waals surface area contributed by atoms with Crippen LogP contribution in [0.15, 0.2) is 41.2 Å². The maximum absolute atomic E-state index is 13.1. The molecule has 1 aliphatic heterocycles. The number of rotatable bonds is 2. The van der Waals surface area contributed by atoms with Gasteiger partial charge in [0.1, 0.15) is 11.6 Å². The van der Waals surface area contributed by atoms with Gasteiger partial charge in [0.25, 0.3) is 11.5 Å². The van der Waals surface area contributed by atoms with E-state index >= 15 is 0 Å².